The molecule has 0 saturated carbocycles. The van der Waals surface area contributed by atoms with E-state index in [1.807, 2.05) is 24.3 Å². The zero-order chi connectivity index (χ0) is 24.1. The number of morpholine rings is 1. The average Bonchev–Trinajstić information content (AvgIpc) is 2.87. The van der Waals surface area contributed by atoms with Crippen molar-refractivity contribution in [3.05, 3.63) is 71.2 Å². The highest BCUT2D eigenvalue weighted by molar-refractivity contribution is 5.94. The van der Waals surface area contributed by atoms with Crippen LogP contribution in [-0.4, -0.2) is 49.4 Å². The molecular formula is C23H22F3N5O3. The fraction of sp³-hybridized carbons (Fsp3) is 0.261. The van der Waals surface area contributed by atoms with Gasteiger partial charge in [-0.3, -0.25) is 0 Å². The van der Waals surface area contributed by atoms with Gasteiger partial charge < -0.3 is 25.0 Å². The van der Waals surface area contributed by atoms with E-state index in [9.17, 15) is 18.0 Å². The molecule has 0 bridgehead atoms. The number of aromatic nitrogens is 2. The summed E-state index contributed by atoms with van der Waals surface area (Å²) in [7, 11) is 1.18. The zero-order valence-corrected chi connectivity index (χ0v) is 18.3. The van der Waals surface area contributed by atoms with Crippen molar-refractivity contribution in [1.82, 2.24) is 9.97 Å². The summed E-state index contributed by atoms with van der Waals surface area (Å²) >= 11 is 0. The van der Waals surface area contributed by atoms with Gasteiger partial charge in [-0.05, 0) is 36.4 Å². The topological polar surface area (TPSA) is 88.6 Å². The highest BCUT2D eigenvalue weighted by Gasteiger charge is 2.19. The summed E-state index contributed by atoms with van der Waals surface area (Å²) < 4.78 is 51.6. The number of esters is 1. The summed E-state index contributed by atoms with van der Waals surface area (Å²) in [6.45, 7) is 2.53. The van der Waals surface area contributed by atoms with Crippen molar-refractivity contribution in [3.63, 3.8) is 0 Å². The number of hydrogen-bond donors (Lipinski definition) is 2. The number of nitrogens with one attached hydrogen (secondary N) is 2. The van der Waals surface area contributed by atoms with E-state index in [-0.39, 0.29) is 17.3 Å². The molecule has 2 aromatic carbocycles. The molecule has 1 aromatic heterocycles. The lowest BCUT2D eigenvalue weighted by Crippen LogP contribution is -2.36. The van der Waals surface area contributed by atoms with Crippen LogP contribution in [0.1, 0.15) is 15.9 Å². The highest BCUT2D eigenvalue weighted by atomic mass is 19.2. The van der Waals surface area contributed by atoms with E-state index < -0.39 is 35.5 Å². The molecule has 0 unspecified atom stereocenters. The Morgan fingerprint density at radius 1 is 1.09 bits per heavy atom. The van der Waals surface area contributed by atoms with E-state index in [1.165, 1.54) is 13.3 Å². The van der Waals surface area contributed by atoms with Gasteiger partial charge in [0, 0.05) is 42.8 Å². The van der Waals surface area contributed by atoms with E-state index in [0.29, 0.717) is 25.0 Å². The number of ether oxygens (including phenoxy) is 2. The molecule has 2 N–H and O–H groups in total. The van der Waals surface area contributed by atoms with Crippen molar-refractivity contribution < 1.29 is 27.4 Å². The Morgan fingerprint density at radius 3 is 2.50 bits per heavy atom. The van der Waals surface area contributed by atoms with Crippen LogP contribution in [0.5, 0.6) is 0 Å². The predicted molar refractivity (Wildman–Crippen MR) is 120 cm³/mol. The minimum Gasteiger partial charge on any atom is -0.465 e. The first kappa shape index (κ1) is 23.3. The molecular weight excluding hydrogens is 451 g/mol. The number of benzene rings is 2. The number of methoxy groups -OCH3 is 1. The molecule has 0 spiro atoms. The zero-order valence-electron chi connectivity index (χ0n) is 18.3. The molecule has 34 heavy (non-hydrogen) atoms. The van der Waals surface area contributed by atoms with Gasteiger partial charge in [-0.15, -0.1) is 0 Å². The lowest BCUT2D eigenvalue weighted by Gasteiger charge is -2.28. The summed E-state index contributed by atoms with van der Waals surface area (Å²) in [6.07, 6.45) is 1.23. The van der Waals surface area contributed by atoms with Gasteiger partial charge in [-0.25, -0.2) is 22.9 Å². The third-order valence-electron chi connectivity index (χ3n) is 5.27. The van der Waals surface area contributed by atoms with Gasteiger partial charge in [0.2, 0.25) is 5.95 Å². The van der Waals surface area contributed by atoms with Crippen molar-refractivity contribution in [1.29, 1.82) is 0 Å². The number of anilines is 4. The van der Waals surface area contributed by atoms with E-state index in [2.05, 4.69) is 25.5 Å². The van der Waals surface area contributed by atoms with Gasteiger partial charge in [0.25, 0.3) is 0 Å². The first-order valence-corrected chi connectivity index (χ1v) is 10.5. The molecule has 178 valence electrons. The van der Waals surface area contributed by atoms with E-state index in [0.717, 1.165) is 24.8 Å². The van der Waals surface area contributed by atoms with Crippen LogP contribution in [-0.2, 0) is 16.0 Å². The molecule has 2 heterocycles. The molecule has 8 nitrogen and oxygen atoms in total. The van der Waals surface area contributed by atoms with E-state index in [4.69, 9.17) is 9.47 Å². The maximum atomic E-state index is 14.0. The number of hydrogen-bond acceptors (Lipinski definition) is 8. The first-order valence-electron chi connectivity index (χ1n) is 10.5. The predicted octanol–water partition coefficient (Wildman–Crippen LogP) is 3.87. The number of carbonyl (C=O) groups excluding carboxylic acids is 1. The monoisotopic (exact) mass is 473 g/mol. The van der Waals surface area contributed by atoms with Crippen molar-refractivity contribution >= 4 is 29.1 Å². The quantitative estimate of drug-likeness (QED) is 0.395. The van der Waals surface area contributed by atoms with Gasteiger partial charge in [-0.1, -0.05) is 0 Å². The molecule has 1 aliphatic heterocycles. The Labute approximate surface area is 193 Å². The van der Waals surface area contributed by atoms with Gasteiger partial charge >= 0.3 is 5.97 Å². The second-order valence-corrected chi connectivity index (χ2v) is 7.39. The number of halogens is 3. The van der Waals surface area contributed by atoms with Gasteiger partial charge in [0.1, 0.15) is 17.2 Å². The maximum absolute atomic E-state index is 14.0. The third kappa shape index (κ3) is 5.20. The summed E-state index contributed by atoms with van der Waals surface area (Å²) in [5, 5.41) is 5.70. The van der Waals surface area contributed by atoms with Crippen molar-refractivity contribution in [3.8, 4) is 0 Å². The molecule has 1 aliphatic rings. The van der Waals surface area contributed by atoms with Crippen LogP contribution in [0.4, 0.5) is 36.3 Å². The van der Waals surface area contributed by atoms with Crippen LogP contribution >= 0.6 is 0 Å². The standard InChI is InChI=1S/C23H22F3N5O3/c1-33-22(32)17-13-28-23(29-14-2-4-15(5-3-14)31-8-10-34-11-9-31)30-21(17)27-12-16-18(24)6-7-19(25)20(16)26/h2-7,13H,8-12H2,1H3,(H2,27,28,29,30). The second kappa shape index (κ2) is 10.4. The second-order valence-electron chi connectivity index (χ2n) is 7.39. The van der Waals surface area contributed by atoms with E-state index in [1.54, 1.807) is 0 Å². The fourth-order valence-corrected chi connectivity index (χ4v) is 3.45. The molecule has 0 radical (unpaired) electrons. The summed E-state index contributed by atoms with van der Waals surface area (Å²) in [5.74, 6) is -4.08. The average molecular weight is 473 g/mol. The number of carbonyl (C=O) groups is 1. The molecule has 3 aromatic rings. The van der Waals surface area contributed by atoms with Gasteiger partial charge in [-0.2, -0.15) is 4.98 Å². The normalized spacial score (nSPS) is 13.5. The van der Waals surface area contributed by atoms with Crippen LogP contribution in [0.25, 0.3) is 0 Å². The third-order valence-corrected chi connectivity index (χ3v) is 5.27. The van der Waals surface area contributed by atoms with Crippen LogP contribution in [0.15, 0.2) is 42.6 Å². The molecule has 0 aliphatic carbocycles. The minimum atomic E-state index is -1.32. The van der Waals surface area contributed by atoms with Crippen molar-refractivity contribution in [2.24, 2.45) is 0 Å². The fourth-order valence-electron chi connectivity index (χ4n) is 3.45. The Balaban J connectivity index is 1.53. The molecule has 1 saturated heterocycles. The summed E-state index contributed by atoms with van der Waals surface area (Å²) in [4.78, 5) is 22.7. The smallest absolute Gasteiger partial charge is 0.343 e. The summed E-state index contributed by atoms with van der Waals surface area (Å²) in [6, 6.07) is 9.13. The van der Waals surface area contributed by atoms with Crippen molar-refractivity contribution in [2.45, 2.75) is 6.54 Å². The number of nitrogens with zero attached hydrogens (tertiary/aromatic N) is 3. The summed E-state index contributed by atoms with van der Waals surface area (Å²) in [5.41, 5.74) is 1.17. The van der Waals surface area contributed by atoms with E-state index >= 15 is 0 Å². The van der Waals surface area contributed by atoms with Crippen LogP contribution in [0, 0.1) is 17.5 Å². The lowest BCUT2D eigenvalue weighted by molar-refractivity contribution is 0.0601. The Kier molecular flexibility index (Phi) is 7.12. The Morgan fingerprint density at radius 2 is 1.79 bits per heavy atom. The Hall–Kier alpha value is -3.86. The lowest BCUT2D eigenvalue weighted by atomic mass is 10.2. The minimum absolute atomic E-state index is 0.0302. The molecule has 0 amide bonds. The van der Waals surface area contributed by atoms with Gasteiger partial charge in [0.15, 0.2) is 11.6 Å². The van der Waals surface area contributed by atoms with Crippen LogP contribution in [0.2, 0.25) is 0 Å². The maximum Gasteiger partial charge on any atom is 0.343 e. The first-order chi connectivity index (χ1) is 16.5. The molecule has 1 fully saturated rings. The van der Waals surface area contributed by atoms with Crippen LogP contribution < -0.4 is 15.5 Å². The van der Waals surface area contributed by atoms with Gasteiger partial charge in [0.05, 0.1) is 20.3 Å². The van der Waals surface area contributed by atoms with Crippen LogP contribution in [0.3, 0.4) is 0 Å². The Bertz CT molecular complexity index is 1170. The molecule has 0 atom stereocenters. The number of rotatable bonds is 7. The largest absolute Gasteiger partial charge is 0.465 e. The van der Waals surface area contributed by atoms with Crippen molar-refractivity contribution in [2.75, 3.05) is 48.9 Å². The highest BCUT2D eigenvalue weighted by Crippen LogP contribution is 2.23. The SMILES string of the molecule is COC(=O)c1cnc(Nc2ccc(N3CCOCC3)cc2)nc1NCc1c(F)ccc(F)c1F. The molecule has 11 heteroatoms. The molecule has 4 rings (SSSR count).